The topological polar surface area (TPSA) is 98.5 Å². The van der Waals surface area contributed by atoms with E-state index in [0.717, 1.165) is 20.0 Å². The van der Waals surface area contributed by atoms with Gasteiger partial charge in [-0.25, -0.2) is 13.1 Å². The number of thiocarbonyl (C=S) groups is 1. The molecule has 0 aromatic carbocycles. The molecule has 1 saturated carbocycles. The summed E-state index contributed by atoms with van der Waals surface area (Å²) in [7, 11) is -2.61. The number of esters is 1. The minimum Gasteiger partial charge on any atom is -0.468 e. The van der Waals surface area contributed by atoms with E-state index in [-0.39, 0.29) is 10.9 Å². The summed E-state index contributed by atoms with van der Waals surface area (Å²) in [6.07, 6.45) is 1.78. The third kappa shape index (κ3) is 4.03. The highest BCUT2D eigenvalue weighted by Crippen LogP contribution is 2.33. The van der Waals surface area contributed by atoms with Crippen molar-refractivity contribution < 1.29 is 17.9 Å². The van der Waals surface area contributed by atoms with Crippen LogP contribution in [0.5, 0.6) is 0 Å². The third-order valence-electron chi connectivity index (χ3n) is 2.24. The van der Waals surface area contributed by atoms with Crippen molar-refractivity contribution in [2.24, 2.45) is 11.7 Å². The minimum atomic E-state index is -3.73. The molecule has 8 heteroatoms. The monoisotopic (exact) mass is 266 g/mol. The smallest absolute Gasteiger partial charge is 0.322 e. The second-order valence-electron chi connectivity index (χ2n) is 3.67. The minimum absolute atomic E-state index is 0.107. The Labute approximate surface area is 99.6 Å². The van der Waals surface area contributed by atoms with Crippen LogP contribution >= 0.6 is 12.2 Å². The Morgan fingerprint density at radius 1 is 1.62 bits per heavy atom. The molecule has 1 unspecified atom stereocenters. The van der Waals surface area contributed by atoms with Crippen LogP contribution in [0.25, 0.3) is 0 Å². The highest BCUT2D eigenvalue weighted by Gasteiger charge is 2.36. The van der Waals surface area contributed by atoms with E-state index in [1.165, 1.54) is 0 Å². The van der Waals surface area contributed by atoms with Gasteiger partial charge in [0.2, 0.25) is 10.0 Å². The molecule has 16 heavy (non-hydrogen) atoms. The van der Waals surface area contributed by atoms with Gasteiger partial charge in [0.25, 0.3) is 0 Å². The van der Waals surface area contributed by atoms with Gasteiger partial charge in [0.15, 0.2) is 5.75 Å². The van der Waals surface area contributed by atoms with Crippen LogP contribution in [0.2, 0.25) is 0 Å². The molecule has 1 aliphatic carbocycles. The number of sulfonamides is 1. The van der Waals surface area contributed by atoms with Crippen LogP contribution in [0.1, 0.15) is 12.8 Å². The number of nitrogens with one attached hydrogen (secondary N) is 1. The van der Waals surface area contributed by atoms with Crippen molar-refractivity contribution in [1.82, 2.24) is 4.72 Å². The number of hydrogen-bond acceptors (Lipinski definition) is 5. The van der Waals surface area contributed by atoms with E-state index in [4.69, 9.17) is 18.0 Å². The number of hydrogen-bond donors (Lipinski definition) is 2. The summed E-state index contributed by atoms with van der Waals surface area (Å²) >= 11 is 4.78. The maximum absolute atomic E-state index is 11.5. The van der Waals surface area contributed by atoms with Crippen molar-refractivity contribution >= 4 is 33.2 Å². The van der Waals surface area contributed by atoms with Gasteiger partial charge in [-0.05, 0) is 18.8 Å². The zero-order chi connectivity index (χ0) is 12.3. The lowest BCUT2D eigenvalue weighted by Crippen LogP contribution is -2.46. The Kier molecular flexibility index (Phi) is 4.22. The van der Waals surface area contributed by atoms with Gasteiger partial charge in [0.1, 0.15) is 0 Å². The Morgan fingerprint density at radius 3 is 2.56 bits per heavy atom. The lowest BCUT2D eigenvalue weighted by Gasteiger charge is -2.16. The molecule has 0 radical (unpaired) electrons. The molecule has 0 aromatic rings. The molecular formula is C8H14N2O4S2. The molecule has 1 rings (SSSR count). The van der Waals surface area contributed by atoms with Crippen molar-refractivity contribution in [2.75, 3.05) is 12.9 Å². The molecule has 3 N–H and O–H groups in total. The summed E-state index contributed by atoms with van der Waals surface area (Å²) in [5.74, 6) is -1.37. The molecular weight excluding hydrogens is 252 g/mol. The molecule has 6 nitrogen and oxygen atoms in total. The summed E-state index contributed by atoms with van der Waals surface area (Å²) in [5.41, 5.74) is 5.44. The maximum Gasteiger partial charge on any atom is 0.322 e. The van der Waals surface area contributed by atoms with Gasteiger partial charge >= 0.3 is 5.97 Å². The van der Waals surface area contributed by atoms with Gasteiger partial charge in [-0.3, -0.25) is 4.79 Å². The summed E-state index contributed by atoms with van der Waals surface area (Å²) in [5, 5.41) is 0. The average molecular weight is 266 g/mol. The average Bonchev–Trinajstić information content (AvgIpc) is 2.96. The second kappa shape index (κ2) is 5.07. The van der Waals surface area contributed by atoms with E-state index in [1.807, 2.05) is 0 Å². The van der Waals surface area contributed by atoms with E-state index >= 15 is 0 Å². The normalized spacial score (nSPS) is 17.8. The largest absolute Gasteiger partial charge is 0.468 e. The molecule has 0 spiro atoms. The van der Waals surface area contributed by atoms with Gasteiger partial charge in [-0.15, -0.1) is 0 Å². The van der Waals surface area contributed by atoms with Crippen LogP contribution in [0.4, 0.5) is 0 Å². The maximum atomic E-state index is 11.5. The first-order valence-electron chi connectivity index (χ1n) is 4.72. The van der Waals surface area contributed by atoms with E-state index in [2.05, 4.69) is 9.46 Å². The Bertz CT molecular complexity index is 389. The lowest BCUT2D eigenvalue weighted by atomic mass is 10.2. The number of ether oxygens (including phenoxy) is 1. The molecule has 1 fully saturated rings. The predicted octanol–water partition coefficient (Wildman–Crippen LogP) is -0.856. The van der Waals surface area contributed by atoms with Crippen LogP contribution in [0, 0.1) is 5.92 Å². The summed E-state index contributed by atoms with van der Waals surface area (Å²) < 4.78 is 29.6. The molecule has 0 heterocycles. The van der Waals surface area contributed by atoms with Crippen molar-refractivity contribution in [1.29, 1.82) is 0 Å². The van der Waals surface area contributed by atoms with Crippen molar-refractivity contribution in [2.45, 2.75) is 18.9 Å². The van der Waals surface area contributed by atoms with E-state index in [1.54, 1.807) is 0 Å². The fourth-order valence-corrected chi connectivity index (χ4v) is 2.81. The number of carbonyl (C=O) groups is 1. The fourth-order valence-electron chi connectivity index (χ4n) is 1.27. The Balaban J connectivity index is 2.62. The Morgan fingerprint density at radius 2 is 2.19 bits per heavy atom. The molecule has 0 saturated heterocycles. The number of methoxy groups -OCH3 is 1. The molecule has 1 aliphatic rings. The molecule has 92 valence electrons. The quantitative estimate of drug-likeness (QED) is 0.479. The SMILES string of the molecule is COC(=O)CS(=O)(=O)NC(C(N)=S)C1CC1. The first kappa shape index (κ1) is 13.3. The van der Waals surface area contributed by atoms with Crippen LogP contribution in [-0.4, -0.2) is 38.3 Å². The van der Waals surface area contributed by atoms with Crippen LogP contribution in [0.3, 0.4) is 0 Å². The standard InChI is InChI=1S/C8H14N2O4S2/c1-14-6(11)4-16(12,13)10-7(8(9)15)5-2-3-5/h5,7,10H,2-4H2,1H3,(H2,9,15). The van der Waals surface area contributed by atoms with Gasteiger partial charge < -0.3 is 10.5 Å². The van der Waals surface area contributed by atoms with E-state index in [9.17, 15) is 13.2 Å². The highest BCUT2D eigenvalue weighted by atomic mass is 32.2. The summed E-state index contributed by atoms with van der Waals surface area (Å²) in [6.45, 7) is 0. The molecule has 0 aromatic heterocycles. The summed E-state index contributed by atoms with van der Waals surface area (Å²) in [4.78, 5) is 11.0. The van der Waals surface area contributed by atoms with Crippen LogP contribution < -0.4 is 10.5 Å². The fraction of sp³-hybridized carbons (Fsp3) is 0.750. The zero-order valence-electron chi connectivity index (χ0n) is 8.80. The van der Waals surface area contributed by atoms with Crippen LogP contribution in [-0.2, 0) is 19.6 Å². The highest BCUT2D eigenvalue weighted by molar-refractivity contribution is 7.90. The third-order valence-corrected chi connectivity index (χ3v) is 3.72. The molecule has 1 atom stereocenters. The first-order chi connectivity index (χ1) is 7.35. The van der Waals surface area contributed by atoms with Gasteiger partial charge in [-0.2, -0.15) is 0 Å². The second-order valence-corrected chi connectivity index (χ2v) is 5.90. The molecule has 0 bridgehead atoms. The first-order valence-corrected chi connectivity index (χ1v) is 6.78. The lowest BCUT2D eigenvalue weighted by molar-refractivity contribution is -0.137. The number of nitrogens with two attached hydrogens (primary N) is 1. The van der Waals surface area contributed by atoms with Crippen LogP contribution in [0.15, 0.2) is 0 Å². The van der Waals surface area contributed by atoms with Gasteiger partial charge in [0, 0.05) is 0 Å². The molecule has 0 amide bonds. The predicted molar refractivity (Wildman–Crippen MR) is 62.2 cm³/mol. The van der Waals surface area contributed by atoms with Gasteiger partial charge in [0.05, 0.1) is 18.1 Å². The zero-order valence-corrected chi connectivity index (χ0v) is 10.4. The van der Waals surface area contributed by atoms with Crippen molar-refractivity contribution in [3.63, 3.8) is 0 Å². The van der Waals surface area contributed by atoms with Crippen molar-refractivity contribution in [3.8, 4) is 0 Å². The van der Waals surface area contributed by atoms with Gasteiger partial charge in [-0.1, -0.05) is 12.2 Å². The van der Waals surface area contributed by atoms with E-state index < -0.39 is 27.8 Å². The number of carbonyl (C=O) groups excluding carboxylic acids is 1. The Hall–Kier alpha value is -0.730. The van der Waals surface area contributed by atoms with E-state index in [0.29, 0.717) is 0 Å². The molecule has 0 aliphatic heterocycles. The van der Waals surface area contributed by atoms with Crippen molar-refractivity contribution in [3.05, 3.63) is 0 Å². The summed E-state index contributed by atoms with van der Waals surface area (Å²) in [6, 6.07) is -0.551. The number of rotatable bonds is 6.